The van der Waals surface area contributed by atoms with E-state index < -0.39 is 0 Å². The van der Waals surface area contributed by atoms with Gasteiger partial charge in [0.15, 0.2) is 0 Å². The van der Waals surface area contributed by atoms with Gasteiger partial charge in [0.25, 0.3) is 0 Å². The Kier molecular flexibility index (Phi) is 5.92. The van der Waals surface area contributed by atoms with E-state index in [0.717, 1.165) is 24.4 Å². The summed E-state index contributed by atoms with van der Waals surface area (Å²) in [5.74, 6) is 0. The topological polar surface area (TPSA) is 6.48 Å². The van der Waals surface area contributed by atoms with Gasteiger partial charge in [-0.2, -0.15) is 0 Å². The molecule has 29 heavy (non-hydrogen) atoms. The second-order valence-corrected chi connectivity index (χ2v) is 7.79. The van der Waals surface area contributed by atoms with Crippen LogP contribution in [0.2, 0.25) is 5.02 Å². The zero-order valence-electron chi connectivity index (χ0n) is 17.1. The number of allylic oxidation sites excluding steroid dienone is 1. The maximum atomic E-state index is 6.19. The van der Waals surface area contributed by atoms with E-state index in [0.29, 0.717) is 0 Å². The van der Waals surface area contributed by atoms with Gasteiger partial charge in [-0.1, -0.05) is 74.0 Å². The fourth-order valence-electron chi connectivity index (χ4n) is 4.28. The summed E-state index contributed by atoms with van der Waals surface area (Å²) < 4.78 is 0. The highest BCUT2D eigenvalue weighted by atomic mass is 35.5. The van der Waals surface area contributed by atoms with Gasteiger partial charge in [-0.25, -0.2) is 0 Å². The Morgan fingerprint density at radius 1 is 0.759 bits per heavy atom. The Bertz CT molecular complexity index is 965. The van der Waals surface area contributed by atoms with Gasteiger partial charge in [-0.15, -0.1) is 0 Å². The van der Waals surface area contributed by atoms with E-state index in [1.54, 1.807) is 0 Å². The fraction of sp³-hybridized carbons (Fsp3) is 0.231. The summed E-state index contributed by atoms with van der Waals surface area (Å²) >= 11 is 6.19. The number of benzene rings is 3. The Labute approximate surface area is 179 Å². The van der Waals surface area contributed by atoms with Crippen molar-refractivity contribution in [2.24, 2.45) is 0 Å². The van der Waals surface area contributed by atoms with Gasteiger partial charge >= 0.3 is 0 Å². The van der Waals surface area contributed by atoms with Gasteiger partial charge in [0.05, 0.1) is 0 Å². The minimum absolute atomic E-state index is 0.0880. The van der Waals surface area contributed by atoms with Crippen LogP contribution in [0, 0.1) is 0 Å². The molecule has 148 valence electrons. The highest BCUT2D eigenvalue weighted by Gasteiger charge is 2.35. The number of nitrogens with zero attached hydrogens (tertiary/aromatic N) is 2. The first kappa shape index (κ1) is 19.6. The van der Waals surface area contributed by atoms with Crippen LogP contribution in [0.5, 0.6) is 0 Å². The molecule has 0 aromatic heterocycles. The molecule has 3 aromatic rings. The van der Waals surface area contributed by atoms with Gasteiger partial charge in [-0.3, -0.25) is 0 Å². The quantitative estimate of drug-likeness (QED) is 0.437. The van der Waals surface area contributed by atoms with Crippen LogP contribution < -0.4 is 9.80 Å². The van der Waals surface area contributed by atoms with E-state index in [4.69, 9.17) is 11.6 Å². The van der Waals surface area contributed by atoms with E-state index in [-0.39, 0.29) is 6.17 Å². The Hall–Kier alpha value is -2.71. The molecule has 0 aliphatic carbocycles. The molecule has 1 aliphatic heterocycles. The Morgan fingerprint density at radius 3 is 1.97 bits per heavy atom. The highest BCUT2D eigenvalue weighted by molar-refractivity contribution is 6.30. The van der Waals surface area contributed by atoms with E-state index in [1.807, 2.05) is 12.1 Å². The van der Waals surface area contributed by atoms with Crippen molar-refractivity contribution in [2.75, 3.05) is 16.3 Å². The minimum atomic E-state index is 0.0880. The summed E-state index contributed by atoms with van der Waals surface area (Å²) in [4.78, 5) is 5.02. The summed E-state index contributed by atoms with van der Waals surface area (Å²) in [5.41, 5.74) is 6.61. The van der Waals surface area contributed by atoms with Crippen LogP contribution in [0.25, 0.3) is 0 Å². The van der Waals surface area contributed by atoms with Crippen LogP contribution >= 0.6 is 11.6 Å². The molecule has 1 atom stereocenters. The summed E-state index contributed by atoms with van der Waals surface area (Å²) in [7, 11) is 0. The molecular weight excluding hydrogens is 376 g/mol. The van der Waals surface area contributed by atoms with Crippen LogP contribution in [-0.2, 0) is 0 Å². The van der Waals surface area contributed by atoms with Crippen molar-refractivity contribution < 1.29 is 0 Å². The number of rotatable bonds is 5. The monoisotopic (exact) mass is 402 g/mol. The molecule has 3 heteroatoms. The summed E-state index contributed by atoms with van der Waals surface area (Å²) in [6.45, 7) is 5.45. The minimum Gasteiger partial charge on any atom is -0.343 e. The molecule has 0 radical (unpaired) electrons. The Morgan fingerprint density at radius 2 is 1.38 bits per heavy atom. The van der Waals surface area contributed by atoms with Crippen molar-refractivity contribution >= 4 is 23.0 Å². The van der Waals surface area contributed by atoms with E-state index >= 15 is 0 Å². The van der Waals surface area contributed by atoms with E-state index in [2.05, 4.69) is 96.4 Å². The van der Waals surface area contributed by atoms with Crippen molar-refractivity contribution in [1.29, 1.82) is 0 Å². The van der Waals surface area contributed by atoms with Gasteiger partial charge in [0.1, 0.15) is 6.17 Å². The molecule has 0 N–H and O–H groups in total. The Balaban J connectivity index is 1.93. The zero-order chi connectivity index (χ0) is 20.2. The SMILES string of the molecule is CCC1=C(CC)N(c2ccccc2)C(c2ccccc2)N(c2ccc(Cl)cc2)C1. The molecule has 0 saturated heterocycles. The van der Waals surface area contributed by atoms with Gasteiger partial charge in [0.2, 0.25) is 0 Å². The first-order chi connectivity index (χ1) is 14.2. The van der Waals surface area contributed by atoms with Gasteiger partial charge in [0, 0.05) is 28.6 Å². The predicted octanol–water partition coefficient (Wildman–Crippen LogP) is 7.44. The molecule has 0 saturated carbocycles. The number of halogens is 1. The molecule has 3 aromatic carbocycles. The average molecular weight is 403 g/mol. The lowest BCUT2D eigenvalue weighted by molar-refractivity contribution is 0.575. The third-order valence-electron chi connectivity index (χ3n) is 5.65. The second-order valence-electron chi connectivity index (χ2n) is 7.35. The van der Waals surface area contributed by atoms with Gasteiger partial charge in [-0.05, 0) is 60.4 Å². The van der Waals surface area contributed by atoms with E-state index in [9.17, 15) is 0 Å². The standard InChI is InChI=1S/C26H27ClN2/c1-3-20-19-28(23-17-15-22(27)16-18-23)26(21-11-7-5-8-12-21)29(25(20)4-2)24-13-9-6-10-14-24/h5-18,26H,3-4,19H2,1-2H3. The molecule has 2 nitrogen and oxygen atoms in total. The maximum Gasteiger partial charge on any atom is 0.132 e. The zero-order valence-corrected chi connectivity index (χ0v) is 17.8. The highest BCUT2D eigenvalue weighted by Crippen LogP contribution is 2.42. The van der Waals surface area contributed by atoms with E-state index in [1.165, 1.54) is 28.2 Å². The van der Waals surface area contributed by atoms with Crippen molar-refractivity contribution in [3.63, 3.8) is 0 Å². The molecule has 1 unspecified atom stereocenters. The first-order valence-electron chi connectivity index (χ1n) is 10.3. The van der Waals surface area contributed by atoms with Crippen molar-refractivity contribution in [3.8, 4) is 0 Å². The molecule has 4 rings (SSSR count). The van der Waals surface area contributed by atoms with Crippen molar-refractivity contribution in [3.05, 3.63) is 107 Å². The predicted molar refractivity (Wildman–Crippen MR) is 125 cm³/mol. The summed E-state index contributed by atoms with van der Waals surface area (Å²) in [5, 5.41) is 0.766. The first-order valence-corrected chi connectivity index (χ1v) is 10.7. The smallest absolute Gasteiger partial charge is 0.132 e. The number of hydrogen-bond acceptors (Lipinski definition) is 2. The molecule has 0 spiro atoms. The number of hydrogen-bond donors (Lipinski definition) is 0. The van der Waals surface area contributed by atoms with Crippen molar-refractivity contribution in [1.82, 2.24) is 0 Å². The molecular formula is C26H27ClN2. The normalized spacial score (nSPS) is 17.0. The molecule has 1 aliphatic rings. The van der Waals surface area contributed by atoms with Crippen LogP contribution in [0.3, 0.4) is 0 Å². The third kappa shape index (κ3) is 3.90. The van der Waals surface area contributed by atoms with Crippen LogP contribution in [-0.4, -0.2) is 6.54 Å². The second kappa shape index (κ2) is 8.75. The maximum absolute atomic E-state index is 6.19. The lowest BCUT2D eigenvalue weighted by atomic mass is 9.97. The number of para-hydroxylation sites is 1. The van der Waals surface area contributed by atoms with Crippen LogP contribution in [0.15, 0.2) is 96.2 Å². The third-order valence-corrected chi connectivity index (χ3v) is 5.90. The molecule has 0 amide bonds. The fourth-order valence-corrected chi connectivity index (χ4v) is 4.41. The van der Waals surface area contributed by atoms with Crippen molar-refractivity contribution in [2.45, 2.75) is 32.9 Å². The van der Waals surface area contributed by atoms with Crippen LogP contribution in [0.4, 0.5) is 11.4 Å². The largest absolute Gasteiger partial charge is 0.343 e. The molecule has 0 fully saturated rings. The lowest BCUT2D eigenvalue weighted by Crippen LogP contribution is -2.47. The molecule has 0 bridgehead atoms. The number of anilines is 2. The summed E-state index contributed by atoms with van der Waals surface area (Å²) in [6, 6.07) is 29.8. The lowest BCUT2D eigenvalue weighted by Gasteiger charge is -2.48. The van der Waals surface area contributed by atoms with Crippen LogP contribution in [0.1, 0.15) is 38.4 Å². The molecule has 1 heterocycles. The van der Waals surface area contributed by atoms with Gasteiger partial charge < -0.3 is 9.80 Å². The average Bonchev–Trinajstić information content (AvgIpc) is 2.79. The summed E-state index contributed by atoms with van der Waals surface area (Å²) in [6.07, 6.45) is 2.14.